The van der Waals surface area contributed by atoms with Crippen LogP contribution in [0.4, 0.5) is 10.2 Å². The third kappa shape index (κ3) is 5.21. The van der Waals surface area contributed by atoms with Crippen molar-refractivity contribution in [2.45, 2.75) is 49.7 Å². The molecule has 5 heterocycles. The standard InChI is InChI=1S/C33H39FN6O4/c1-42-21-44-23-16-22-6-2-3-7-24(22)25(17-23)28-27(34)29-26(18-36-28)30(39-14-10-33(41,19-35)11-15-39)38-31(37-29)43-20-32-8-4-12-40(32)13-5-9-32/h2-3,6-7,16-18,41H,4-5,8-15,19-21,35H2,1H3. The van der Waals surface area contributed by atoms with Crippen LogP contribution in [0.15, 0.2) is 42.6 Å². The molecular weight excluding hydrogens is 563 g/mol. The molecule has 3 fully saturated rings. The van der Waals surface area contributed by atoms with Gasteiger partial charge in [-0.3, -0.25) is 9.88 Å². The lowest BCUT2D eigenvalue weighted by molar-refractivity contribution is 0.0249. The first-order valence-electron chi connectivity index (χ1n) is 15.5. The first-order valence-corrected chi connectivity index (χ1v) is 15.5. The molecule has 0 radical (unpaired) electrons. The number of piperidine rings is 1. The summed E-state index contributed by atoms with van der Waals surface area (Å²) in [5.74, 6) is 0.546. The molecule has 0 unspecified atom stereocenters. The zero-order chi connectivity index (χ0) is 30.3. The van der Waals surface area contributed by atoms with Crippen molar-refractivity contribution in [1.29, 1.82) is 0 Å². The molecule has 232 valence electrons. The molecule has 4 aromatic rings. The Morgan fingerprint density at radius 2 is 1.75 bits per heavy atom. The Hall–Kier alpha value is -3.64. The Morgan fingerprint density at radius 3 is 2.50 bits per heavy atom. The van der Waals surface area contributed by atoms with E-state index in [9.17, 15) is 5.11 Å². The summed E-state index contributed by atoms with van der Waals surface area (Å²) in [6.07, 6.45) is 7.06. The predicted octanol–water partition coefficient (Wildman–Crippen LogP) is 4.26. The van der Waals surface area contributed by atoms with E-state index in [1.807, 2.05) is 35.2 Å². The van der Waals surface area contributed by atoms with Gasteiger partial charge < -0.3 is 30.0 Å². The Kier molecular flexibility index (Phi) is 7.74. The summed E-state index contributed by atoms with van der Waals surface area (Å²) in [7, 11) is 1.55. The van der Waals surface area contributed by atoms with Crippen LogP contribution in [-0.2, 0) is 4.74 Å². The van der Waals surface area contributed by atoms with Crippen LogP contribution >= 0.6 is 0 Å². The number of fused-ring (bicyclic) bond motifs is 3. The molecule has 7 rings (SSSR count). The molecule has 0 aliphatic carbocycles. The summed E-state index contributed by atoms with van der Waals surface area (Å²) >= 11 is 0. The van der Waals surface area contributed by atoms with Crippen LogP contribution in [0.25, 0.3) is 32.9 Å². The zero-order valence-corrected chi connectivity index (χ0v) is 25.1. The van der Waals surface area contributed by atoms with Gasteiger partial charge in [-0.2, -0.15) is 9.97 Å². The van der Waals surface area contributed by atoms with E-state index >= 15 is 4.39 Å². The summed E-state index contributed by atoms with van der Waals surface area (Å²) in [6.45, 7) is 3.92. The topological polar surface area (TPSA) is 119 Å². The molecule has 3 N–H and O–H groups in total. The highest BCUT2D eigenvalue weighted by atomic mass is 19.1. The fraction of sp³-hybridized carbons (Fsp3) is 0.485. The number of halogens is 1. The number of hydrogen-bond donors (Lipinski definition) is 2. The Balaban J connectivity index is 1.33. The van der Waals surface area contributed by atoms with Crippen molar-refractivity contribution in [2.24, 2.45) is 5.73 Å². The third-order valence-corrected chi connectivity index (χ3v) is 9.73. The highest BCUT2D eigenvalue weighted by Gasteiger charge is 2.45. The number of benzene rings is 2. The van der Waals surface area contributed by atoms with E-state index < -0.39 is 11.4 Å². The predicted molar refractivity (Wildman–Crippen MR) is 166 cm³/mol. The largest absolute Gasteiger partial charge is 0.468 e. The van der Waals surface area contributed by atoms with Gasteiger partial charge in [0.25, 0.3) is 0 Å². The molecule has 0 atom stereocenters. The number of rotatable bonds is 9. The number of anilines is 1. The molecule has 11 heteroatoms. The van der Waals surface area contributed by atoms with Gasteiger partial charge >= 0.3 is 6.01 Å². The van der Waals surface area contributed by atoms with Crippen molar-refractivity contribution in [3.8, 4) is 23.0 Å². The molecule has 0 spiro atoms. The van der Waals surface area contributed by atoms with E-state index in [0.717, 1.165) is 49.5 Å². The van der Waals surface area contributed by atoms with Crippen molar-refractivity contribution in [3.05, 3.63) is 48.4 Å². The maximum Gasteiger partial charge on any atom is 0.319 e. The van der Waals surface area contributed by atoms with Gasteiger partial charge in [-0.1, -0.05) is 24.3 Å². The minimum absolute atomic E-state index is 0.00920. The molecular formula is C33H39FN6O4. The lowest BCUT2D eigenvalue weighted by Gasteiger charge is -2.38. The lowest BCUT2D eigenvalue weighted by atomic mass is 9.91. The normalized spacial score (nSPS) is 19.5. The highest BCUT2D eigenvalue weighted by molar-refractivity contribution is 6.00. The number of pyridine rings is 1. The van der Waals surface area contributed by atoms with Crippen molar-refractivity contribution in [2.75, 3.05) is 58.1 Å². The summed E-state index contributed by atoms with van der Waals surface area (Å²) in [5.41, 5.74) is 5.83. The quantitative estimate of drug-likeness (QED) is 0.269. The number of hydrogen-bond acceptors (Lipinski definition) is 10. The Labute approximate surface area is 255 Å². The van der Waals surface area contributed by atoms with Crippen LogP contribution in [0.5, 0.6) is 11.8 Å². The zero-order valence-electron chi connectivity index (χ0n) is 25.1. The van der Waals surface area contributed by atoms with E-state index in [4.69, 9.17) is 24.9 Å². The van der Waals surface area contributed by atoms with Crippen LogP contribution in [0.2, 0.25) is 0 Å². The second-order valence-electron chi connectivity index (χ2n) is 12.4. The van der Waals surface area contributed by atoms with Gasteiger partial charge in [0, 0.05) is 38.5 Å². The molecule has 10 nitrogen and oxygen atoms in total. The smallest absolute Gasteiger partial charge is 0.319 e. The summed E-state index contributed by atoms with van der Waals surface area (Å²) in [5, 5.41) is 13.0. The van der Waals surface area contributed by atoms with Crippen LogP contribution in [-0.4, -0.2) is 89.3 Å². The molecule has 3 aliphatic heterocycles. The van der Waals surface area contributed by atoms with E-state index in [1.165, 1.54) is 0 Å². The molecule has 3 saturated heterocycles. The highest BCUT2D eigenvalue weighted by Crippen LogP contribution is 2.40. The van der Waals surface area contributed by atoms with Crippen LogP contribution in [0.1, 0.15) is 38.5 Å². The van der Waals surface area contributed by atoms with Crippen molar-refractivity contribution in [3.63, 3.8) is 0 Å². The molecule has 3 aliphatic rings. The van der Waals surface area contributed by atoms with Gasteiger partial charge in [0.15, 0.2) is 12.6 Å². The average molecular weight is 603 g/mol. The van der Waals surface area contributed by atoms with Gasteiger partial charge in [-0.15, -0.1) is 0 Å². The number of methoxy groups -OCH3 is 1. The summed E-state index contributed by atoms with van der Waals surface area (Å²) < 4.78 is 34.0. The van der Waals surface area contributed by atoms with Gasteiger partial charge in [-0.05, 0) is 74.5 Å². The minimum Gasteiger partial charge on any atom is -0.468 e. The van der Waals surface area contributed by atoms with Crippen molar-refractivity contribution >= 4 is 27.5 Å². The van der Waals surface area contributed by atoms with E-state index in [1.54, 1.807) is 19.4 Å². The third-order valence-electron chi connectivity index (χ3n) is 9.73. The maximum absolute atomic E-state index is 16.8. The van der Waals surface area contributed by atoms with Crippen molar-refractivity contribution < 1.29 is 23.7 Å². The second-order valence-corrected chi connectivity index (χ2v) is 12.4. The SMILES string of the molecule is COCOc1cc(-c2ncc3c(N4CCC(O)(CN)CC4)nc(OCC45CCCN4CCC5)nc3c2F)c2ccccc2c1. The summed E-state index contributed by atoms with van der Waals surface area (Å²) in [6, 6.07) is 11.6. The van der Waals surface area contributed by atoms with Gasteiger partial charge in [0.2, 0.25) is 0 Å². The molecule has 44 heavy (non-hydrogen) atoms. The fourth-order valence-corrected chi connectivity index (χ4v) is 7.20. The number of aromatic nitrogens is 3. The molecule has 0 amide bonds. The first kappa shape index (κ1) is 29.1. The van der Waals surface area contributed by atoms with E-state index in [2.05, 4.69) is 14.9 Å². The fourth-order valence-electron chi connectivity index (χ4n) is 7.20. The van der Waals surface area contributed by atoms with E-state index in [-0.39, 0.29) is 36.1 Å². The Morgan fingerprint density at radius 1 is 0.977 bits per heavy atom. The van der Waals surface area contributed by atoms with Crippen LogP contribution < -0.4 is 20.1 Å². The monoisotopic (exact) mass is 602 g/mol. The molecule has 2 aromatic carbocycles. The van der Waals surface area contributed by atoms with Gasteiger partial charge in [0.1, 0.15) is 29.4 Å². The lowest BCUT2D eigenvalue weighted by Crippen LogP contribution is -2.49. The summed E-state index contributed by atoms with van der Waals surface area (Å²) in [4.78, 5) is 18.7. The number of nitrogens with two attached hydrogens (primary N) is 1. The van der Waals surface area contributed by atoms with Gasteiger partial charge in [-0.25, -0.2) is 4.39 Å². The van der Waals surface area contributed by atoms with Gasteiger partial charge in [0.05, 0.1) is 16.5 Å². The second kappa shape index (κ2) is 11.7. The Bertz CT molecular complexity index is 1670. The molecule has 0 saturated carbocycles. The maximum atomic E-state index is 16.8. The number of ether oxygens (including phenoxy) is 3. The van der Waals surface area contributed by atoms with E-state index in [0.29, 0.717) is 55.1 Å². The molecule has 0 bridgehead atoms. The minimum atomic E-state index is -0.917. The number of aliphatic hydroxyl groups is 1. The van der Waals surface area contributed by atoms with Crippen molar-refractivity contribution in [1.82, 2.24) is 19.9 Å². The van der Waals surface area contributed by atoms with Crippen LogP contribution in [0, 0.1) is 5.82 Å². The first-order chi connectivity index (χ1) is 21.4. The van der Waals surface area contributed by atoms with Crippen LogP contribution in [0.3, 0.4) is 0 Å². The molecule has 2 aromatic heterocycles. The number of nitrogens with zero attached hydrogens (tertiary/aromatic N) is 5. The average Bonchev–Trinajstić information content (AvgIpc) is 3.64.